The maximum atomic E-state index is 9.61. The molecule has 0 saturated carbocycles. The normalized spacial score (nSPS) is 11.4. The van der Waals surface area contributed by atoms with Gasteiger partial charge in [0.15, 0.2) is 0 Å². The molecule has 0 aliphatic carbocycles. The number of aliphatic hydroxyl groups is 1. The van der Waals surface area contributed by atoms with Gasteiger partial charge in [-0.05, 0) is 6.04 Å². The van der Waals surface area contributed by atoms with Gasteiger partial charge < -0.3 is 52.2 Å². The van der Waals surface area contributed by atoms with Gasteiger partial charge in [0.05, 0.1) is 91.5 Å². The van der Waals surface area contributed by atoms with Gasteiger partial charge in [-0.1, -0.05) is 13.3 Å². The van der Waals surface area contributed by atoms with E-state index in [2.05, 4.69) is 0 Å². The molecule has 0 aromatic carbocycles. The lowest BCUT2D eigenvalue weighted by Gasteiger charge is -2.33. The Balaban J connectivity index is 0. The highest BCUT2D eigenvalue weighted by Crippen LogP contribution is 2.22. The number of rotatable bonds is 28. The lowest BCUT2D eigenvalue weighted by atomic mass is 9.96. The van der Waals surface area contributed by atoms with Gasteiger partial charge >= 0.3 is 0 Å². The fourth-order valence-electron chi connectivity index (χ4n) is 2.68. The zero-order chi connectivity index (χ0) is 27.0. The van der Waals surface area contributed by atoms with Gasteiger partial charge in [-0.3, -0.25) is 0 Å². The minimum atomic E-state index is -0.621. The molecule has 0 fully saturated rings. The predicted molar refractivity (Wildman–Crippen MR) is 138 cm³/mol. The minimum Gasteiger partial charge on any atom is -0.394 e. The molecule has 0 unspecified atom stereocenters. The van der Waals surface area contributed by atoms with E-state index in [0.29, 0.717) is 98.7 Å². The third-order valence-corrected chi connectivity index (χ3v) is 5.53. The summed E-state index contributed by atoms with van der Waals surface area (Å²) in [6, 6.07) is 0.917. The van der Waals surface area contributed by atoms with Crippen LogP contribution >= 0.6 is 0 Å². The van der Waals surface area contributed by atoms with Gasteiger partial charge in [0, 0.05) is 47.4 Å². The summed E-state index contributed by atoms with van der Waals surface area (Å²) in [4.78, 5) is 0. The topological polar surface area (TPSA) is 120 Å². The van der Waals surface area contributed by atoms with Crippen molar-refractivity contribution in [2.24, 2.45) is 0 Å². The van der Waals surface area contributed by atoms with Crippen molar-refractivity contribution >= 4 is 9.41 Å². The second kappa shape index (κ2) is 32.6. The smallest absolute Gasteiger partial charge is 0.261 e. The number of hydrogen-bond acceptors (Lipinski definition) is 11. The summed E-state index contributed by atoms with van der Waals surface area (Å²) in [6.45, 7) is 8.66. The highest BCUT2D eigenvalue weighted by molar-refractivity contribution is 6.16. The molecule has 36 heavy (non-hydrogen) atoms. The van der Waals surface area contributed by atoms with Crippen LogP contribution < -0.4 is 0 Å². The van der Waals surface area contributed by atoms with Crippen LogP contribution in [0.15, 0.2) is 0 Å². The average molecular weight is 545 g/mol. The van der Waals surface area contributed by atoms with Crippen LogP contribution in [0.1, 0.15) is 26.2 Å². The Kier molecular flexibility index (Phi) is 34.2. The number of hydrogen-bond donors (Lipinski definition) is 1. The summed E-state index contributed by atoms with van der Waals surface area (Å²) >= 11 is 0. The van der Waals surface area contributed by atoms with Crippen LogP contribution in [0.3, 0.4) is 0 Å². The maximum Gasteiger partial charge on any atom is 0.261 e. The Morgan fingerprint density at radius 3 is 1.39 bits per heavy atom. The third kappa shape index (κ3) is 28.2. The largest absolute Gasteiger partial charge is 0.394 e. The van der Waals surface area contributed by atoms with Crippen LogP contribution in [-0.4, -0.2) is 141 Å². The summed E-state index contributed by atoms with van der Waals surface area (Å²) in [6.07, 6.45) is 2.27. The second-order valence-corrected chi connectivity index (χ2v) is 8.60. The fourth-order valence-corrected chi connectivity index (χ4v) is 2.92. The first kappa shape index (κ1) is 37.8. The van der Waals surface area contributed by atoms with Crippen LogP contribution in [0.2, 0.25) is 6.04 Å². The molecular formula is C24H52O11Si. The van der Waals surface area contributed by atoms with E-state index in [9.17, 15) is 9.57 Å². The first-order chi connectivity index (χ1) is 17.7. The average Bonchev–Trinajstić information content (AvgIpc) is 2.89. The third-order valence-electron chi connectivity index (χ3n) is 4.71. The molecule has 0 spiro atoms. The Morgan fingerprint density at radius 1 is 0.611 bits per heavy atom. The van der Waals surface area contributed by atoms with Crippen molar-refractivity contribution in [3.63, 3.8) is 0 Å². The molecule has 0 amide bonds. The summed E-state index contributed by atoms with van der Waals surface area (Å²) in [7, 11) is 4.44. The van der Waals surface area contributed by atoms with Gasteiger partial charge in [0.2, 0.25) is 0 Å². The van der Waals surface area contributed by atoms with Crippen LogP contribution in [0.4, 0.5) is 0 Å². The van der Waals surface area contributed by atoms with Gasteiger partial charge in [-0.25, -0.2) is 0 Å². The number of ether oxygens (including phenoxy) is 9. The van der Waals surface area contributed by atoms with E-state index in [1.165, 1.54) is 0 Å². The molecule has 218 valence electrons. The maximum absolute atomic E-state index is 9.61. The van der Waals surface area contributed by atoms with E-state index in [4.69, 9.17) is 42.6 Å². The van der Waals surface area contributed by atoms with Crippen molar-refractivity contribution in [3.8, 4) is 0 Å². The van der Waals surface area contributed by atoms with Gasteiger partial charge in [-0.2, -0.15) is 0 Å². The second-order valence-electron chi connectivity index (χ2n) is 7.69. The van der Waals surface area contributed by atoms with E-state index < -0.39 is 15.0 Å². The van der Waals surface area contributed by atoms with Crippen LogP contribution in [0, 0.1) is 0 Å². The van der Waals surface area contributed by atoms with E-state index in [0.717, 1.165) is 12.5 Å². The molecule has 0 aromatic heterocycles. The Bertz CT molecular complexity index is 400. The molecule has 0 aromatic rings. The summed E-state index contributed by atoms with van der Waals surface area (Å²) in [5.74, 6) is 0. The summed E-state index contributed by atoms with van der Waals surface area (Å²) < 4.78 is 58.5. The van der Waals surface area contributed by atoms with Crippen molar-refractivity contribution in [2.45, 2.75) is 37.8 Å². The Morgan fingerprint density at radius 2 is 1.03 bits per heavy atom. The molecule has 0 heterocycles. The molecule has 0 aliphatic heterocycles. The van der Waals surface area contributed by atoms with E-state index in [1.807, 2.05) is 6.92 Å². The van der Waals surface area contributed by atoms with E-state index in [-0.39, 0.29) is 13.2 Å². The van der Waals surface area contributed by atoms with Crippen LogP contribution in [0.5, 0.6) is 0 Å². The van der Waals surface area contributed by atoms with Gasteiger partial charge in [0.1, 0.15) is 0 Å². The Labute approximate surface area is 220 Å². The lowest BCUT2D eigenvalue weighted by molar-refractivity contribution is -0.135. The molecule has 0 bridgehead atoms. The van der Waals surface area contributed by atoms with Crippen molar-refractivity contribution in [3.05, 3.63) is 0 Å². The van der Waals surface area contributed by atoms with E-state index >= 15 is 0 Å². The fraction of sp³-hybridized carbons (Fsp3) is 1.00. The molecule has 0 rings (SSSR count). The molecule has 0 atom stereocenters. The molecule has 1 N–H and O–H groups in total. The quantitative estimate of drug-likeness (QED) is 0.113. The molecule has 11 nitrogen and oxygen atoms in total. The Hall–Kier alpha value is -0.383. The number of methoxy groups -OCH3 is 3. The highest BCUT2D eigenvalue weighted by atomic mass is 28.2. The summed E-state index contributed by atoms with van der Waals surface area (Å²) in [5, 5.41) is 9.26. The zero-order valence-electron chi connectivity index (χ0n) is 23.0. The summed E-state index contributed by atoms with van der Waals surface area (Å²) in [5.41, 5.74) is -0.621. The van der Waals surface area contributed by atoms with Crippen molar-refractivity contribution in [1.82, 2.24) is 0 Å². The minimum absolute atomic E-state index is 0.0672. The van der Waals surface area contributed by atoms with Crippen LogP contribution in [0.25, 0.3) is 0 Å². The van der Waals surface area contributed by atoms with E-state index in [1.54, 1.807) is 21.3 Å². The SMILES string of the molecule is CCC[SiH]=O.COCCOCCOCCC(CCOCCOCCOC)(COCCOC)OCCO. The zero-order valence-corrected chi connectivity index (χ0v) is 24.2. The standard InChI is InChI=1S/C21H44O10.C3H8OSi/c1-23-10-13-28-18-16-26-7-4-21(31-9-6-22,20-30-15-12-25-3)5-8-27-17-19-29-14-11-24-2;1-2-3-5-4/h22H,4-20H2,1-3H3;5H,2-3H2,1H3. The monoisotopic (exact) mass is 544 g/mol. The first-order valence-electron chi connectivity index (χ1n) is 12.7. The first-order valence-corrected chi connectivity index (χ1v) is 14.0. The highest BCUT2D eigenvalue weighted by Gasteiger charge is 2.31. The molecule has 0 saturated heterocycles. The lowest BCUT2D eigenvalue weighted by Crippen LogP contribution is -2.42. The molecule has 0 aliphatic rings. The predicted octanol–water partition coefficient (Wildman–Crippen LogP) is 1.13. The van der Waals surface area contributed by atoms with Crippen LogP contribution in [-0.2, 0) is 47.1 Å². The van der Waals surface area contributed by atoms with Gasteiger partial charge in [-0.15, -0.1) is 0 Å². The number of aliphatic hydroxyl groups excluding tert-OH is 1. The molecular weight excluding hydrogens is 492 g/mol. The van der Waals surface area contributed by atoms with Crippen molar-refractivity contribution < 1.29 is 52.2 Å². The molecule has 0 radical (unpaired) electrons. The van der Waals surface area contributed by atoms with Crippen molar-refractivity contribution in [2.75, 3.05) is 120 Å². The van der Waals surface area contributed by atoms with Gasteiger partial charge in [0.25, 0.3) is 9.41 Å². The van der Waals surface area contributed by atoms with Crippen molar-refractivity contribution in [1.29, 1.82) is 0 Å². The molecule has 12 heteroatoms.